The zero-order valence-electron chi connectivity index (χ0n) is 17.8. The Balaban J connectivity index is 1.45. The summed E-state index contributed by atoms with van der Waals surface area (Å²) >= 11 is 0. The maximum Gasteiger partial charge on any atom is 0.246 e. The molecule has 0 unspecified atom stereocenters. The molecule has 0 fully saturated rings. The standard InChI is InChI=1S/C24H21N5O4/c1-31-15-23(30)27-14-21(17-6-4-10-25-12-17)33-24-9-8-22-26-13-18(29(22)28-24)20-11-16-5-2-3-7-19(16)32-20/h2-13,21H,14-15H2,1H3,(H,27,30)/t21-/m0/s1. The lowest BCUT2D eigenvalue weighted by Gasteiger charge is -2.19. The molecule has 1 aromatic carbocycles. The third-order valence-electron chi connectivity index (χ3n) is 5.10. The molecule has 9 heteroatoms. The van der Waals surface area contributed by atoms with E-state index in [4.69, 9.17) is 13.9 Å². The summed E-state index contributed by atoms with van der Waals surface area (Å²) < 4.78 is 18.7. The Morgan fingerprint density at radius 1 is 1.15 bits per heavy atom. The summed E-state index contributed by atoms with van der Waals surface area (Å²) in [5.41, 5.74) is 2.96. The van der Waals surface area contributed by atoms with Crippen LogP contribution in [0, 0.1) is 0 Å². The first-order valence-corrected chi connectivity index (χ1v) is 10.4. The monoisotopic (exact) mass is 443 g/mol. The number of hydrogen-bond acceptors (Lipinski definition) is 7. The van der Waals surface area contributed by atoms with Crippen LogP contribution in [0.5, 0.6) is 5.88 Å². The molecule has 0 saturated heterocycles. The number of furan rings is 1. The van der Waals surface area contributed by atoms with Gasteiger partial charge in [-0.25, -0.2) is 9.50 Å². The van der Waals surface area contributed by atoms with Crippen LogP contribution >= 0.6 is 0 Å². The summed E-state index contributed by atoms with van der Waals surface area (Å²) in [6, 6.07) is 17.0. The number of carbonyl (C=O) groups is 1. The molecule has 0 aliphatic heterocycles. The number of carbonyl (C=O) groups excluding carboxylic acids is 1. The lowest BCUT2D eigenvalue weighted by atomic mass is 10.1. The van der Waals surface area contributed by atoms with Crippen molar-refractivity contribution in [2.24, 2.45) is 0 Å². The van der Waals surface area contributed by atoms with Gasteiger partial charge in [0.05, 0.1) is 12.7 Å². The Labute approximate surface area is 189 Å². The quantitative estimate of drug-likeness (QED) is 0.392. The number of rotatable bonds is 8. The first-order valence-electron chi connectivity index (χ1n) is 10.4. The summed E-state index contributed by atoms with van der Waals surface area (Å²) in [6.07, 6.45) is 4.60. The van der Waals surface area contributed by atoms with Crippen molar-refractivity contribution in [3.8, 4) is 17.3 Å². The predicted molar refractivity (Wildman–Crippen MR) is 121 cm³/mol. The van der Waals surface area contributed by atoms with Gasteiger partial charge in [-0.2, -0.15) is 0 Å². The number of amides is 1. The van der Waals surface area contributed by atoms with Gasteiger partial charge in [-0.15, -0.1) is 5.10 Å². The largest absolute Gasteiger partial charge is 0.466 e. The summed E-state index contributed by atoms with van der Waals surface area (Å²) in [6.45, 7) is 0.202. The van der Waals surface area contributed by atoms with Crippen molar-refractivity contribution in [2.45, 2.75) is 6.10 Å². The molecular formula is C24H21N5O4. The molecule has 9 nitrogen and oxygen atoms in total. The van der Waals surface area contributed by atoms with Crippen molar-refractivity contribution >= 4 is 22.5 Å². The Hall–Kier alpha value is -4.24. The Morgan fingerprint density at radius 3 is 2.88 bits per heavy atom. The molecular weight excluding hydrogens is 422 g/mol. The van der Waals surface area contributed by atoms with Crippen molar-refractivity contribution in [2.75, 3.05) is 20.3 Å². The molecule has 1 amide bonds. The molecule has 4 aromatic heterocycles. The second kappa shape index (κ2) is 9.09. The van der Waals surface area contributed by atoms with Crippen LogP contribution in [0.4, 0.5) is 0 Å². The van der Waals surface area contributed by atoms with E-state index in [1.54, 1.807) is 29.2 Å². The van der Waals surface area contributed by atoms with Crippen LogP contribution in [-0.2, 0) is 9.53 Å². The minimum absolute atomic E-state index is 0.0279. The van der Waals surface area contributed by atoms with E-state index in [0.29, 0.717) is 23.0 Å². The van der Waals surface area contributed by atoms with E-state index >= 15 is 0 Å². The topological polar surface area (TPSA) is 104 Å². The zero-order chi connectivity index (χ0) is 22.6. The molecule has 0 aliphatic rings. The number of imidazole rings is 1. The highest BCUT2D eigenvalue weighted by Crippen LogP contribution is 2.29. The van der Waals surface area contributed by atoms with Gasteiger partial charge < -0.3 is 19.2 Å². The molecule has 0 saturated carbocycles. The number of nitrogens with one attached hydrogen (secondary N) is 1. The average Bonchev–Trinajstić information content (AvgIpc) is 3.46. The average molecular weight is 443 g/mol. The molecule has 166 valence electrons. The second-order valence-electron chi connectivity index (χ2n) is 7.36. The molecule has 1 atom stereocenters. The molecule has 0 radical (unpaired) electrons. The summed E-state index contributed by atoms with van der Waals surface area (Å²) in [4.78, 5) is 20.5. The number of ether oxygens (including phenoxy) is 2. The zero-order valence-corrected chi connectivity index (χ0v) is 17.8. The van der Waals surface area contributed by atoms with E-state index in [1.807, 2.05) is 48.5 Å². The number of nitrogens with zero attached hydrogens (tertiary/aromatic N) is 4. The molecule has 0 spiro atoms. The number of fused-ring (bicyclic) bond motifs is 2. The smallest absolute Gasteiger partial charge is 0.246 e. The number of hydrogen-bond donors (Lipinski definition) is 1. The van der Waals surface area contributed by atoms with Gasteiger partial charge in [0.15, 0.2) is 11.4 Å². The van der Waals surface area contributed by atoms with E-state index in [-0.39, 0.29) is 19.1 Å². The van der Waals surface area contributed by atoms with Gasteiger partial charge >= 0.3 is 0 Å². The number of aromatic nitrogens is 4. The van der Waals surface area contributed by atoms with Gasteiger partial charge in [0.1, 0.15) is 24.0 Å². The highest BCUT2D eigenvalue weighted by atomic mass is 16.5. The molecule has 1 N–H and O–H groups in total. The van der Waals surface area contributed by atoms with Crippen LogP contribution < -0.4 is 10.1 Å². The fraction of sp³-hybridized carbons (Fsp3) is 0.167. The molecule has 0 bridgehead atoms. The number of benzene rings is 1. The van der Waals surface area contributed by atoms with Crippen LogP contribution in [0.1, 0.15) is 11.7 Å². The fourth-order valence-electron chi connectivity index (χ4n) is 3.52. The number of pyridine rings is 1. The predicted octanol–water partition coefficient (Wildman–Crippen LogP) is 3.42. The summed E-state index contributed by atoms with van der Waals surface area (Å²) in [5.74, 6) is 0.789. The van der Waals surface area contributed by atoms with Gasteiger partial charge in [0.25, 0.3) is 0 Å². The molecule has 5 aromatic rings. The van der Waals surface area contributed by atoms with Gasteiger partial charge in [-0.05, 0) is 24.3 Å². The third kappa shape index (κ3) is 4.39. The van der Waals surface area contributed by atoms with Crippen LogP contribution in [0.15, 0.2) is 77.6 Å². The van der Waals surface area contributed by atoms with Crippen molar-refractivity contribution < 1.29 is 18.7 Å². The highest BCUT2D eigenvalue weighted by Gasteiger charge is 2.18. The van der Waals surface area contributed by atoms with E-state index in [2.05, 4.69) is 20.4 Å². The fourth-order valence-corrected chi connectivity index (χ4v) is 3.52. The minimum atomic E-state index is -0.498. The van der Waals surface area contributed by atoms with Gasteiger partial charge in [0, 0.05) is 36.5 Å². The molecule has 4 heterocycles. The Morgan fingerprint density at radius 2 is 2.06 bits per heavy atom. The van der Waals surface area contributed by atoms with Crippen molar-refractivity contribution in [1.82, 2.24) is 24.9 Å². The Bertz CT molecular complexity index is 1360. The van der Waals surface area contributed by atoms with E-state index in [0.717, 1.165) is 16.5 Å². The van der Waals surface area contributed by atoms with Gasteiger partial charge in [-0.1, -0.05) is 24.3 Å². The number of methoxy groups -OCH3 is 1. The minimum Gasteiger partial charge on any atom is -0.466 e. The molecule has 33 heavy (non-hydrogen) atoms. The van der Waals surface area contributed by atoms with Crippen molar-refractivity contribution in [1.29, 1.82) is 0 Å². The van der Waals surface area contributed by atoms with Crippen LogP contribution in [0.3, 0.4) is 0 Å². The van der Waals surface area contributed by atoms with Crippen LogP contribution in [-0.4, -0.2) is 45.8 Å². The Kier molecular flexibility index (Phi) is 5.69. The maximum atomic E-state index is 11.9. The van der Waals surface area contributed by atoms with E-state index < -0.39 is 6.10 Å². The normalized spacial score (nSPS) is 12.2. The van der Waals surface area contributed by atoms with Gasteiger partial charge in [-0.3, -0.25) is 9.78 Å². The van der Waals surface area contributed by atoms with E-state index in [1.165, 1.54) is 7.11 Å². The first-order chi connectivity index (χ1) is 16.2. The SMILES string of the molecule is COCC(=O)NC[C@H](Oc1ccc2ncc(-c3cc4ccccc4o3)n2n1)c1cccnc1. The summed E-state index contributed by atoms with van der Waals surface area (Å²) in [5, 5.41) is 8.43. The lowest BCUT2D eigenvalue weighted by molar-refractivity contribution is -0.125. The third-order valence-corrected chi connectivity index (χ3v) is 5.10. The van der Waals surface area contributed by atoms with Crippen LogP contribution in [0.2, 0.25) is 0 Å². The van der Waals surface area contributed by atoms with Crippen molar-refractivity contribution in [3.05, 3.63) is 78.8 Å². The molecule has 5 rings (SSSR count). The van der Waals surface area contributed by atoms with Crippen molar-refractivity contribution in [3.63, 3.8) is 0 Å². The van der Waals surface area contributed by atoms with Gasteiger partial charge in [0.2, 0.25) is 11.8 Å². The van der Waals surface area contributed by atoms with E-state index in [9.17, 15) is 4.79 Å². The lowest BCUT2D eigenvalue weighted by Crippen LogP contribution is -2.33. The summed E-state index contributed by atoms with van der Waals surface area (Å²) in [7, 11) is 1.47. The highest BCUT2D eigenvalue weighted by molar-refractivity contribution is 5.82. The van der Waals surface area contributed by atoms with Crippen LogP contribution in [0.25, 0.3) is 28.1 Å². The first kappa shape index (κ1) is 20.7. The second-order valence-corrected chi connectivity index (χ2v) is 7.36. The maximum absolute atomic E-state index is 11.9. The number of para-hydroxylation sites is 1. The molecule has 0 aliphatic carbocycles.